The second kappa shape index (κ2) is 12.8. The number of ether oxygens (including phenoxy) is 3. The van der Waals surface area contributed by atoms with Gasteiger partial charge >= 0.3 is 0 Å². The highest BCUT2D eigenvalue weighted by molar-refractivity contribution is 7.79. The van der Waals surface area contributed by atoms with E-state index in [1.807, 2.05) is 0 Å². The summed E-state index contributed by atoms with van der Waals surface area (Å²) in [6, 6.07) is 25.8. The van der Waals surface area contributed by atoms with Crippen LogP contribution in [0, 0.1) is 17.8 Å². The summed E-state index contributed by atoms with van der Waals surface area (Å²) >= 11 is 0. The Kier molecular flexibility index (Phi) is 9.84. The summed E-state index contributed by atoms with van der Waals surface area (Å²) in [7, 11) is -0.715. The summed E-state index contributed by atoms with van der Waals surface area (Å²) < 4.78 is 17.7. The maximum atomic E-state index is 5.91. The monoisotopic (exact) mass is 478 g/mol. The van der Waals surface area contributed by atoms with E-state index >= 15 is 0 Å². The molecule has 0 aromatic heterocycles. The molecule has 0 fully saturated rings. The lowest BCUT2D eigenvalue weighted by Crippen LogP contribution is -2.21. The van der Waals surface area contributed by atoms with Crippen LogP contribution in [0.2, 0.25) is 0 Å². The minimum absolute atomic E-state index is 0.504. The molecule has 34 heavy (non-hydrogen) atoms. The molecule has 0 atom stereocenters. The zero-order valence-corrected chi connectivity index (χ0v) is 22.3. The molecule has 0 saturated heterocycles. The van der Waals surface area contributed by atoms with Gasteiger partial charge in [-0.2, -0.15) is 0 Å². The van der Waals surface area contributed by atoms with Crippen molar-refractivity contribution in [3.8, 4) is 17.2 Å². The van der Waals surface area contributed by atoms with Crippen LogP contribution in [0.1, 0.15) is 41.5 Å². The first-order chi connectivity index (χ1) is 16.3. The predicted molar refractivity (Wildman–Crippen MR) is 146 cm³/mol. The Hall–Kier alpha value is -2.51. The lowest BCUT2D eigenvalue weighted by Gasteiger charge is -2.21. The van der Waals surface area contributed by atoms with Gasteiger partial charge < -0.3 is 14.2 Å². The van der Waals surface area contributed by atoms with E-state index in [2.05, 4.69) is 114 Å². The van der Waals surface area contributed by atoms with Crippen LogP contribution >= 0.6 is 7.92 Å². The molecule has 0 N–H and O–H groups in total. The van der Waals surface area contributed by atoms with Crippen LogP contribution in [0.3, 0.4) is 0 Å². The summed E-state index contributed by atoms with van der Waals surface area (Å²) in [5.74, 6) is 4.27. The largest absolute Gasteiger partial charge is 0.493 e. The van der Waals surface area contributed by atoms with Crippen molar-refractivity contribution in [3.05, 3.63) is 72.8 Å². The zero-order chi connectivity index (χ0) is 24.5. The Labute approximate surface area is 207 Å². The molecule has 0 amide bonds. The molecule has 3 aromatic rings. The van der Waals surface area contributed by atoms with Crippen LogP contribution in [0.4, 0.5) is 0 Å². The van der Waals surface area contributed by atoms with Crippen molar-refractivity contribution in [2.24, 2.45) is 17.8 Å². The minimum Gasteiger partial charge on any atom is -0.493 e. The average molecular weight is 479 g/mol. The van der Waals surface area contributed by atoms with Gasteiger partial charge in [-0.25, -0.2) is 0 Å². The van der Waals surface area contributed by atoms with Gasteiger partial charge in [0.1, 0.15) is 17.2 Å². The molecule has 3 aromatic carbocycles. The molecule has 0 spiro atoms. The van der Waals surface area contributed by atoms with Gasteiger partial charge in [-0.1, -0.05) is 77.9 Å². The van der Waals surface area contributed by atoms with Gasteiger partial charge in [-0.15, -0.1) is 0 Å². The maximum Gasteiger partial charge on any atom is 0.119 e. The predicted octanol–water partition coefficient (Wildman–Crippen LogP) is 6.55. The van der Waals surface area contributed by atoms with Crippen LogP contribution in [-0.2, 0) is 0 Å². The molecule has 0 bridgehead atoms. The van der Waals surface area contributed by atoms with Crippen LogP contribution < -0.4 is 30.1 Å². The molecule has 4 heteroatoms. The highest BCUT2D eigenvalue weighted by atomic mass is 31.1. The molecule has 0 aliphatic heterocycles. The summed E-state index contributed by atoms with van der Waals surface area (Å²) in [5, 5.41) is 3.87. The van der Waals surface area contributed by atoms with Crippen molar-refractivity contribution in [1.82, 2.24) is 0 Å². The third-order valence-electron chi connectivity index (χ3n) is 5.03. The second-order valence-electron chi connectivity index (χ2n) is 9.93. The smallest absolute Gasteiger partial charge is 0.119 e. The lowest BCUT2D eigenvalue weighted by molar-refractivity contribution is 0.271. The number of hydrogen-bond acceptors (Lipinski definition) is 3. The first kappa shape index (κ1) is 26.1. The van der Waals surface area contributed by atoms with Crippen molar-refractivity contribution in [3.63, 3.8) is 0 Å². The van der Waals surface area contributed by atoms with Gasteiger partial charge in [0, 0.05) is 0 Å². The molecule has 0 radical (unpaired) electrons. The van der Waals surface area contributed by atoms with E-state index < -0.39 is 7.92 Å². The van der Waals surface area contributed by atoms with E-state index in [1.54, 1.807) is 0 Å². The van der Waals surface area contributed by atoms with Crippen molar-refractivity contribution < 1.29 is 14.2 Å². The Bertz CT molecular complexity index is 845. The van der Waals surface area contributed by atoms with Crippen molar-refractivity contribution >= 4 is 23.8 Å². The van der Waals surface area contributed by atoms with Crippen molar-refractivity contribution in [1.29, 1.82) is 0 Å². The zero-order valence-electron chi connectivity index (χ0n) is 21.5. The quantitative estimate of drug-likeness (QED) is 0.276. The van der Waals surface area contributed by atoms with Gasteiger partial charge in [-0.3, -0.25) is 0 Å². The lowest BCUT2D eigenvalue weighted by atomic mass is 10.2. The van der Waals surface area contributed by atoms with Crippen LogP contribution in [-0.4, -0.2) is 19.8 Å². The molecule has 3 nitrogen and oxygen atoms in total. The minimum atomic E-state index is -0.715. The first-order valence-electron chi connectivity index (χ1n) is 12.3. The molecule has 0 heterocycles. The number of benzene rings is 3. The molecule has 3 rings (SSSR count). The van der Waals surface area contributed by atoms with Crippen LogP contribution in [0.5, 0.6) is 17.2 Å². The first-order valence-corrected chi connectivity index (χ1v) is 13.6. The maximum absolute atomic E-state index is 5.91. The third kappa shape index (κ3) is 8.06. The average Bonchev–Trinajstić information content (AvgIpc) is 2.82. The van der Waals surface area contributed by atoms with E-state index in [-0.39, 0.29) is 0 Å². The normalized spacial score (nSPS) is 11.5. The van der Waals surface area contributed by atoms with Gasteiger partial charge in [0.05, 0.1) is 19.8 Å². The molecule has 0 aliphatic carbocycles. The van der Waals surface area contributed by atoms with Crippen molar-refractivity contribution in [2.75, 3.05) is 19.8 Å². The summed E-state index contributed by atoms with van der Waals surface area (Å²) in [6.45, 7) is 15.2. The third-order valence-corrected chi connectivity index (χ3v) is 7.48. The van der Waals surface area contributed by atoms with Crippen LogP contribution in [0.25, 0.3) is 0 Å². The van der Waals surface area contributed by atoms with Gasteiger partial charge in [0.25, 0.3) is 0 Å². The van der Waals surface area contributed by atoms with E-state index in [4.69, 9.17) is 14.2 Å². The Morgan fingerprint density at radius 3 is 0.882 bits per heavy atom. The van der Waals surface area contributed by atoms with Crippen molar-refractivity contribution in [2.45, 2.75) is 41.5 Å². The van der Waals surface area contributed by atoms with E-state index in [0.29, 0.717) is 17.8 Å². The SMILES string of the molecule is CC(C)COc1ccc(P(c2ccc(OCC(C)C)cc2)c2ccc(OCC(C)C)cc2)cc1. The molecular weight excluding hydrogens is 439 g/mol. The molecule has 0 saturated carbocycles. The summed E-state index contributed by atoms with van der Waals surface area (Å²) in [6.07, 6.45) is 0. The van der Waals surface area contributed by atoms with Gasteiger partial charge in [-0.05, 0) is 78.0 Å². The number of rotatable bonds is 12. The molecule has 0 aliphatic rings. The standard InChI is InChI=1S/C30H39O3P/c1-22(2)19-31-25-7-13-28(14-8-25)34(29-15-9-26(10-16-29)32-20-23(3)4)30-17-11-27(12-18-30)33-21-24(5)6/h7-18,22-24H,19-21H2,1-6H3. The van der Waals surface area contributed by atoms with E-state index in [9.17, 15) is 0 Å². The van der Waals surface area contributed by atoms with E-state index in [0.717, 1.165) is 37.1 Å². The second-order valence-corrected chi connectivity index (χ2v) is 12.2. The van der Waals surface area contributed by atoms with Gasteiger partial charge in [0.2, 0.25) is 0 Å². The van der Waals surface area contributed by atoms with Gasteiger partial charge in [0.15, 0.2) is 0 Å². The summed E-state index contributed by atoms with van der Waals surface area (Å²) in [4.78, 5) is 0. The Morgan fingerprint density at radius 2 is 0.676 bits per heavy atom. The topological polar surface area (TPSA) is 27.7 Å². The summed E-state index contributed by atoms with van der Waals surface area (Å²) in [5.41, 5.74) is 0. The number of hydrogen-bond donors (Lipinski definition) is 0. The Balaban J connectivity index is 1.87. The molecular formula is C30H39O3P. The fourth-order valence-electron chi connectivity index (χ4n) is 3.31. The molecule has 182 valence electrons. The van der Waals surface area contributed by atoms with Crippen LogP contribution in [0.15, 0.2) is 72.8 Å². The molecule has 0 unspecified atom stereocenters. The van der Waals surface area contributed by atoms with E-state index in [1.165, 1.54) is 15.9 Å². The Morgan fingerprint density at radius 1 is 0.441 bits per heavy atom. The highest BCUT2D eigenvalue weighted by Crippen LogP contribution is 2.34. The fourth-order valence-corrected chi connectivity index (χ4v) is 5.55. The fraction of sp³-hybridized carbons (Fsp3) is 0.400. The highest BCUT2D eigenvalue weighted by Gasteiger charge is 2.17.